The second-order valence-corrected chi connectivity index (χ2v) is 4.45. The molecule has 0 aromatic heterocycles. The number of rotatable bonds is 5. The molecule has 104 valence electrons. The molecule has 1 aromatic rings. The highest BCUT2D eigenvalue weighted by Gasteiger charge is 2.19. The molecule has 19 heavy (non-hydrogen) atoms. The highest BCUT2D eigenvalue weighted by molar-refractivity contribution is 6.00. The Kier molecular flexibility index (Phi) is 5.36. The number of amides is 1. The molecular weight excluding hydrogens is 242 g/mol. The van der Waals surface area contributed by atoms with Crippen molar-refractivity contribution in [3.63, 3.8) is 0 Å². The second-order valence-electron chi connectivity index (χ2n) is 4.45. The van der Waals surface area contributed by atoms with Gasteiger partial charge in [0, 0.05) is 24.2 Å². The van der Waals surface area contributed by atoms with Gasteiger partial charge in [-0.25, -0.2) is 0 Å². The molecule has 0 aliphatic rings. The van der Waals surface area contributed by atoms with Crippen LogP contribution in [0.25, 0.3) is 0 Å². The van der Waals surface area contributed by atoms with Crippen LogP contribution in [-0.2, 0) is 4.79 Å². The molecule has 0 spiro atoms. The second kappa shape index (κ2) is 6.78. The molecule has 0 radical (unpaired) electrons. The lowest BCUT2D eigenvalue weighted by molar-refractivity contribution is -0.122. The van der Waals surface area contributed by atoms with Crippen LogP contribution in [0.15, 0.2) is 29.4 Å². The van der Waals surface area contributed by atoms with E-state index in [1.54, 1.807) is 30.1 Å². The molecule has 3 N–H and O–H groups in total. The molecule has 0 atom stereocenters. The van der Waals surface area contributed by atoms with Gasteiger partial charge in [-0.2, -0.15) is 0 Å². The maximum atomic E-state index is 12.3. The van der Waals surface area contributed by atoms with E-state index in [0.29, 0.717) is 5.56 Å². The summed E-state index contributed by atoms with van der Waals surface area (Å²) in [5, 5.41) is 11.6. The van der Waals surface area contributed by atoms with E-state index >= 15 is 0 Å². The zero-order chi connectivity index (χ0) is 14.4. The molecular formula is C14H21N3O2. The monoisotopic (exact) mass is 263 g/mol. The Hall–Kier alpha value is -2.04. The lowest BCUT2D eigenvalue weighted by Crippen LogP contribution is -2.32. The number of hydrogen-bond acceptors (Lipinski definition) is 3. The molecule has 1 amide bonds. The van der Waals surface area contributed by atoms with Crippen molar-refractivity contribution in [2.45, 2.75) is 26.7 Å². The first-order valence-electron chi connectivity index (χ1n) is 6.40. The minimum atomic E-state index is 0.0255. The average Bonchev–Trinajstić information content (AvgIpc) is 2.46. The molecule has 1 aromatic carbocycles. The molecule has 0 bridgehead atoms. The fraction of sp³-hybridized carbons (Fsp3) is 0.429. The number of hydrogen-bond donors (Lipinski definition) is 2. The smallest absolute Gasteiger partial charge is 0.229 e. The zero-order valence-corrected chi connectivity index (χ0v) is 11.6. The van der Waals surface area contributed by atoms with E-state index in [2.05, 4.69) is 5.16 Å². The largest absolute Gasteiger partial charge is 0.409 e. The maximum Gasteiger partial charge on any atom is 0.229 e. The molecule has 0 unspecified atom stereocenters. The van der Waals surface area contributed by atoms with Gasteiger partial charge < -0.3 is 15.8 Å². The third-order valence-corrected chi connectivity index (χ3v) is 3.30. The van der Waals surface area contributed by atoms with E-state index in [4.69, 9.17) is 10.9 Å². The Balaban J connectivity index is 3.00. The van der Waals surface area contributed by atoms with Gasteiger partial charge in [0.25, 0.3) is 0 Å². The molecule has 0 fully saturated rings. The Morgan fingerprint density at radius 2 is 2.05 bits per heavy atom. The van der Waals surface area contributed by atoms with Crippen LogP contribution in [0.2, 0.25) is 0 Å². The van der Waals surface area contributed by atoms with E-state index in [1.165, 1.54) is 0 Å². The van der Waals surface area contributed by atoms with Crippen molar-refractivity contribution in [2.75, 3.05) is 11.9 Å². The van der Waals surface area contributed by atoms with Crippen LogP contribution in [0.3, 0.4) is 0 Å². The van der Waals surface area contributed by atoms with Gasteiger partial charge in [-0.15, -0.1) is 0 Å². The van der Waals surface area contributed by atoms with Gasteiger partial charge >= 0.3 is 0 Å². The van der Waals surface area contributed by atoms with Crippen LogP contribution in [0.1, 0.15) is 32.3 Å². The predicted molar refractivity (Wildman–Crippen MR) is 76.4 cm³/mol. The summed E-state index contributed by atoms with van der Waals surface area (Å²) in [7, 11) is 1.74. The Morgan fingerprint density at radius 3 is 2.58 bits per heavy atom. The molecule has 0 aliphatic carbocycles. The van der Waals surface area contributed by atoms with Gasteiger partial charge in [-0.1, -0.05) is 31.1 Å². The van der Waals surface area contributed by atoms with E-state index in [1.807, 2.05) is 19.9 Å². The summed E-state index contributed by atoms with van der Waals surface area (Å²) in [6, 6.07) is 7.07. The Morgan fingerprint density at radius 1 is 1.42 bits per heavy atom. The number of nitrogens with zero attached hydrogens (tertiary/aromatic N) is 2. The topological polar surface area (TPSA) is 78.9 Å². The van der Waals surface area contributed by atoms with Crippen molar-refractivity contribution >= 4 is 17.4 Å². The summed E-state index contributed by atoms with van der Waals surface area (Å²) in [5.41, 5.74) is 6.87. The number of anilines is 1. The number of carbonyl (C=O) groups excluding carboxylic acids is 1. The maximum absolute atomic E-state index is 12.3. The average molecular weight is 263 g/mol. The van der Waals surface area contributed by atoms with Crippen LogP contribution >= 0.6 is 0 Å². The van der Waals surface area contributed by atoms with Crippen molar-refractivity contribution in [3.05, 3.63) is 29.8 Å². The van der Waals surface area contributed by atoms with E-state index < -0.39 is 0 Å². The summed E-state index contributed by atoms with van der Waals surface area (Å²) in [5.74, 6) is 0.143. The van der Waals surface area contributed by atoms with Crippen LogP contribution < -0.4 is 10.6 Å². The fourth-order valence-corrected chi connectivity index (χ4v) is 1.97. The first-order chi connectivity index (χ1) is 9.04. The predicted octanol–water partition coefficient (Wildman–Crippen LogP) is 2.18. The van der Waals surface area contributed by atoms with Crippen LogP contribution in [0.4, 0.5) is 5.69 Å². The van der Waals surface area contributed by atoms with Gasteiger partial charge in [-0.05, 0) is 25.0 Å². The van der Waals surface area contributed by atoms with Crippen LogP contribution in [0, 0.1) is 5.92 Å². The van der Waals surface area contributed by atoms with Gasteiger partial charge in [-0.3, -0.25) is 4.79 Å². The highest BCUT2D eigenvalue weighted by Crippen LogP contribution is 2.19. The molecule has 0 saturated heterocycles. The zero-order valence-electron chi connectivity index (χ0n) is 11.6. The quantitative estimate of drug-likeness (QED) is 0.370. The standard InChI is InChI=1S/C14H21N3O2/c1-4-10(5-2)14(18)17(3)12-8-6-7-11(9-12)13(15)16-19/h6-10,19H,4-5H2,1-3H3,(H2,15,16). The molecule has 0 aliphatic heterocycles. The molecule has 0 heterocycles. The number of oxime groups is 1. The van der Waals surface area contributed by atoms with Crippen LogP contribution in [-0.4, -0.2) is 24.0 Å². The van der Waals surface area contributed by atoms with Gasteiger partial charge in [0.1, 0.15) is 0 Å². The first kappa shape index (κ1) is 15.0. The van der Waals surface area contributed by atoms with Gasteiger partial charge in [0.15, 0.2) is 5.84 Å². The number of amidine groups is 1. The van der Waals surface area contributed by atoms with E-state index in [-0.39, 0.29) is 17.7 Å². The normalized spacial score (nSPS) is 11.7. The first-order valence-corrected chi connectivity index (χ1v) is 6.40. The van der Waals surface area contributed by atoms with Crippen molar-refractivity contribution in [1.29, 1.82) is 0 Å². The molecule has 1 rings (SSSR count). The van der Waals surface area contributed by atoms with Crippen molar-refractivity contribution in [2.24, 2.45) is 16.8 Å². The summed E-state index contributed by atoms with van der Waals surface area (Å²) < 4.78 is 0. The Bertz CT molecular complexity index is 468. The van der Waals surface area contributed by atoms with Gasteiger partial charge in [0.2, 0.25) is 5.91 Å². The molecule has 5 nitrogen and oxygen atoms in total. The van der Waals surface area contributed by atoms with Crippen molar-refractivity contribution in [3.8, 4) is 0 Å². The number of carbonyl (C=O) groups is 1. The lowest BCUT2D eigenvalue weighted by Gasteiger charge is -2.22. The highest BCUT2D eigenvalue weighted by atomic mass is 16.4. The lowest BCUT2D eigenvalue weighted by atomic mass is 10.0. The minimum Gasteiger partial charge on any atom is -0.409 e. The van der Waals surface area contributed by atoms with E-state index in [0.717, 1.165) is 18.5 Å². The Labute approximate surface area is 113 Å². The number of nitrogens with two attached hydrogens (primary N) is 1. The molecule has 5 heteroatoms. The summed E-state index contributed by atoms with van der Waals surface area (Å²) in [6.45, 7) is 4.01. The summed E-state index contributed by atoms with van der Waals surface area (Å²) in [6.07, 6.45) is 1.64. The van der Waals surface area contributed by atoms with Crippen molar-refractivity contribution < 1.29 is 10.0 Å². The number of benzene rings is 1. The minimum absolute atomic E-state index is 0.0255. The fourth-order valence-electron chi connectivity index (χ4n) is 1.97. The summed E-state index contributed by atoms with van der Waals surface area (Å²) in [4.78, 5) is 13.9. The van der Waals surface area contributed by atoms with Crippen LogP contribution in [0.5, 0.6) is 0 Å². The van der Waals surface area contributed by atoms with Crippen molar-refractivity contribution in [1.82, 2.24) is 0 Å². The van der Waals surface area contributed by atoms with Gasteiger partial charge in [0.05, 0.1) is 0 Å². The third kappa shape index (κ3) is 3.47. The van der Waals surface area contributed by atoms with E-state index in [9.17, 15) is 4.79 Å². The SMILES string of the molecule is CCC(CC)C(=O)N(C)c1cccc(C(N)=NO)c1. The third-order valence-electron chi connectivity index (χ3n) is 3.30. The molecule has 0 saturated carbocycles. The summed E-state index contributed by atoms with van der Waals surface area (Å²) >= 11 is 0.